The zero-order valence-corrected chi connectivity index (χ0v) is 37.8. The summed E-state index contributed by atoms with van der Waals surface area (Å²) in [6.45, 7) is 6.59. The number of aromatic amines is 1. The molecule has 0 aliphatic carbocycles. The SMILES string of the molecule is COc1ccc(C(OC[C@H]2O[C@@H](n3cnc4c(=O)[nH]c(NC(=O)C(C)C)nc43)C[C@@H]2OP(SCCSC(=O)C(C)=O)N2CCCC2)(c2ccccc2)c2ccc(OC)cc2)cc1. The molecule has 62 heavy (non-hydrogen) atoms. The molecular weight excluding hydrogens is 852 g/mol. The van der Waals surface area contributed by atoms with Crippen LogP contribution in [-0.2, 0) is 34.0 Å². The van der Waals surface area contributed by atoms with Crippen molar-refractivity contribution >= 4 is 64.6 Å². The summed E-state index contributed by atoms with van der Waals surface area (Å²) in [4.78, 5) is 61.3. The Balaban J connectivity index is 1.27. The van der Waals surface area contributed by atoms with Gasteiger partial charge in [-0.15, -0.1) is 0 Å². The molecule has 2 aliphatic heterocycles. The maximum atomic E-state index is 13.2. The number of methoxy groups -OCH3 is 2. The Kier molecular flexibility index (Phi) is 15.2. The number of Topliss-reactive ketones (excluding diaryl/α,β-unsaturated/α-hetero) is 1. The van der Waals surface area contributed by atoms with E-state index < -0.39 is 48.0 Å². The number of hydrogen-bond donors (Lipinski definition) is 2. The molecule has 2 N–H and O–H groups in total. The van der Waals surface area contributed by atoms with Gasteiger partial charge in [-0.05, 0) is 53.8 Å². The van der Waals surface area contributed by atoms with Gasteiger partial charge in [-0.25, -0.2) is 4.98 Å². The summed E-state index contributed by atoms with van der Waals surface area (Å²) in [7, 11) is 2.03. The topological polar surface area (TPSA) is 176 Å². The van der Waals surface area contributed by atoms with Crippen LogP contribution in [0.4, 0.5) is 5.95 Å². The first-order valence-electron chi connectivity index (χ1n) is 20.4. The van der Waals surface area contributed by atoms with Crippen molar-refractivity contribution in [2.45, 2.75) is 64.1 Å². The summed E-state index contributed by atoms with van der Waals surface area (Å²) < 4.78 is 36.6. The van der Waals surface area contributed by atoms with Gasteiger partial charge < -0.3 is 23.5 Å². The Labute approximate surface area is 369 Å². The Morgan fingerprint density at radius 2 is 1.56 bits per heavy atom. The fraction of sp³-hybridized carbons (Fsp3) is 0.409. The van der Waals surface area contributed by atoms with Gasteiger partial charge in [0, 0.05) is 43.9 Å². The third kappa shape index (κ3) is 10.3. The molecule has 18 heteroatoms. The molecule has 2 saturated heterocycles. The standard InChI is InChI=1S/C44H51N6O9PS2/c1-28(2)40(52)47-43-46-39-38(41(53)48-43)45-27-50(39)37-25-35(59-60(49-21-9-10-22-49)62-24-23-61-42(54)29(3)51)36(58-37)26-57-44(30-11-7-6-8-12-30,31-13-17-33(55-4)18-14-31)32-15-19-34(56-5)20-16-32/h6-8,11-20,27-28,35-37H,9-10,21-26H2,1-5H3,(H2,46,47,48,52,53)/t35-,36+,37+,60?/m0/s1. The number of imidazole rings is 1. The molecule has 328 valence electrons. The van der Waals surface area contributed by atoms with E-state index in [4.69, 9.17) is 23.5 Å². The largest absolute Gasteiger partial charge is 0.497 e. The van der Waals surface area contributed by atoms with E-state index in [0.717, 1.165) is 54.4 Å². The second kappa shape index (κ2) is 20.7. The van der Waals surface area contributed by atoms with Crippen LogP contribution in [0.2, 0.25) is 0 Å². The number of hydrogen-bond acceptors (Lipinski definition) is 14. The molecule has 4 atom stereocenters. The number of ether oxygens (including phenoxy) is 4. The number of benzene rings is 3. The molecule has 0 saturated carbocycles. The van der Waals surface area contributed by atoms with Crippen molar-refractivity contribution in [3.63, 3.8) is 0 Å². The van der Waals surface area contributed by atoms with Crippen LogP contribution in [0, 0.1) is 5.92 Å². The summed E-state index contributed by atoms with van der Waals surface area (Å²) >= 11 is 2.67. The van der Waals surface area contributed by atoms with Crippen molar-refractivity contribution in [2.75, 3.05) is 50.7 Å². The fourth-order valence-corrected chi connectivity index (χ4v) is 12.6. The number of fused-ring (bicyclic) bond motifs is 1. The molecule has 15 nitrogen and oxygen atoms in total. The van der Waals surface area contributed by atoms with Gasteiger partial charge in [0.25, 0.3) is 10.7 Å². The van der Waals surface area contributed by atoms with Gasteiger partial charge in [0.1, 0.15) is 29.4 Å². The average Bonchev–Trinajstić information content (AvgIpc) is 4.07. The lowest BCUT2D eigenvalue weighted by molar-refractivity contribution is -0.130. The molecule has 5 aromatic rings. The van der Waals surface area contributed by atoms with E-state index in [1.165, 1.54) is 13.3 Å². The van der Waals surface area contributed by atoms with Crippen molar-refractivity contribution in [2.24, 2.45) is 5.92 Å². The Hall–Kier alpha value is -4.61. The van der Waals surface area contributed by atoms with Crippen molar-refractivity contribution in [3.8, 4) is 11.5 Å². The van der Waals surface area contributed by atoms with Crippen molar-refractivity contribution in [1.82, 2.24) is 24.2 Å². The highest BCUT2D eigenvalue weighted by Crippen LogP contribution is 2.58. The second-order valence-corrected chi connectivity index (χ2v) is 19.8. The highest BCUT2D eigenvalue weighted by Gasteiger charge is 2.45. The van der Waals surface area contributed by atoms with Crippen LogP contribution in [-0.4, -0.2) is 98.6 Å². The number of thioether (sulfide) groups is 1. The molecule has 2 aromatic heterocycles. The predicted octanol–water partition coefficient (Wildman–Crippen LogP) is 7.32. The van der Waals surface area contributed by atoms with E-state index >= 15 is 0 Å². The Morgan fingerprint density at radius 1 is 0.935 bits per heavy atom. The first-order chi connectivity index (χ1) is 30.0. The van der Waals surface area contributed by atoms with E-state index in [2.05, 4.69) is 24.9 Å². The summed E-state index contributed by atoms with van der Waals surface area (Å²) in [6, 6.07) is 25.6. The normalized spacial score (nSPS) is 18.6. The summed E-state index contributed by atoms with van der Waals surface area (Å²) in [6.07, 6.45) is 2.13. The van der Waals surface area contributed by atoms with Gasteiger partial charge in [-0.2, -0.15) is 4.98 Å². The lowest BCUT2D eigenvalue weighted by Gasteiger charge is -2.37. The number of H-pyrrole nitrogens is 1. The molecule has 7 rings (SSSR count). The van der Waals surface area contributed by atoms with Gasteiger partial charge in [0.05, 0.1) is 33.3 Å². The number of nitrogens with one attached hydrogen (secondary N) is 2. The van der Waals surface area contributed by atoms with Gasteiger partial charge in [0.15, 0.2) is 18.7 Å². The monoisotopic (exact) mass is 902 g/mol. The van der Waals surface area contributed by atoms with Crippen LogP contribution in [0.3, 0.4) is 0 Å². The number of amides is 1. The van der Waals surface area contributed by atoms with Gasteiger partial charge in [-0.1, -0.05) is 91.6 Å². The Bertz CT molecular complexity index is 2330. The van der Waals surface area contributed by atoms with Crippen LogP contribution in [0.5, 0.6) is 11.5 Å². The van der Waals surface area contributed by atoms with Crippen LogP contribution < -0.4 is 20.3 Å². The van der Waals surface area contributed by atoms with Crippen LogP contribution in [0.1, 0.15) is 63.0 Å². The molecular formula is C44H51N6O9PS2. The van der Waals surface area contributed by atoms with E-state index in [0.29, 0.717) is 29.4 Å². The molecule has 0 spiro atoms. The minimum atomic E-state index is -1.23. The minimum absolute atomic E-state index is 0.00957. The summed E-state index contributed by atoms with van der Waals surface area (Å²) in [5.74, 6) is 1.37. The van der Waals surface area contributed by atoms with Crippen molar-refractivity contribution in [1.29, 1.82) is 0 Å². The van der Waals surface area contributed by atoms with Crippen molar-refractivity contribution in [3.05, 3.63) is 112 Å². The minimum Gasteiger partial charge on any atom is -0.497 e. The van der Waals surface area contributed by atoms with Crippen LogP contribution in [0.15, 0.2) is 90.0 Å². The smallest absolute Gasteiger partial charge is 0.280 e. The number of aromatic nitrogens is 4. The fourth-order valence-electron chi connectivity index (χ4n) is 7.38. The van der Waals surface area contributed by atoms with E-state index in [1.807, 2.05) is 78.9 Å². The predicted molar refractivity (Wildman–Crippen MR) is 242 cm³/mol. The number of ketones is 1. The van der Waals surface area contributed by atoms with E-state index in [9.17, 15) is 19.2 Å². The zero-order valence-electron chi connectivity index (χ0n) is 35.3. The van der Waals surface area contributed by atoms with E-state index in [-0.39, 0.29) is 35.5 Å². The molecule has 0 radical (unpaired) electrons. The van der Waals surface area contributed by atoms with Gasteiger partial charge >= 0.3 is 0 Å². The molecule has 4 heterocycles. The maximum absolute atomic E-state index is 13.2. The van der Waals surface area contributed by atoms with Crippen LogP contribution in [0.25, 0.3) is 11.2 Å². The number of anilines is 1. The molecule has 3 aromatic carbocycles. The number of carbonyl (C=O) groups excluding carboxylic acids is 3. The number of carbonyl (C=O) groups is 3. The molecule has 2 aliphatic rings. The molecule has 1 amide bonds. The quantitative estimate of drug-likeness (QED) is 0.0365. The average molecular weight is 903 g/mol. The molecule has 0 bridgehead atoms. The highest BCUT2D eigenvalue weighted by atomic mass is 32.7. The third-order valence-electron chi connectivity index (χ3n) is 10.7. The van der Waals surface area contributed by atoms with Gasteiger partial charge in [0.2, 0.25) is 17.6 Å². The van der Waals surface area contributed by atoms with Crippen LogP contribution >= 0.6 is 30.6 Å². The summed E-state index contributed by atoms with van der Waals surface area (Å²) in [5.41, 5.74) is 1.30. The lowest BCUT2D eigenvalue weighted by atomic mass is 9.80. The first-order valence-corrected chi connectivity index (χ1v) is 24.2. The maximum Gasteiger partial charge on any atom is 0.280 e. The highest BCUT2D eigenvalue weighted by molar-refractivity contribution is 8.53. The number of nitrogens with zero attached hydrogens (tertiary/aromatic N) is 4. The number of rotatable bonds is 19. The third-order valence-corrected chi connectivity index (χ3v) is 16.0. The molecule has 2 fully saturated rings. The molecule has 1 unspecified atom stereocenters. The van der Waals surface area contributed by atoms with Crippen molar-refractivity contribution < 1.29 is 37.9 Å². The zero-order chi connectivity index (χ0) is 43.8. The summed E-state index contributed by atoms with van der Waals surface area (Å²) in [5, 5.41) is 2.24. The van der Waals surface area contributed by atoms with Gasteiger partial charge in [-0.3, -0.25) is 38.7 Å². The van der Waals surface area contributed by atoms with E-state index in [1.54, 1.807) is 44.0 Å². The Morgan fingerprint density at radius 3 is 2.16 bits per heavy atom. The first kappa shape index (κ1) is 45.4. The second-order valence-electron chi connectivity index (χ2n) is 15.1. The lowest BCUT2D eigenvalue weighted by Crippen LogP contribution is -2.38.